The van der Waals surface area contributed by atoms with Crippen molar-refractivity contribution >= 4 is 47.2 Å². The summed E-state index contributed by atoms with van der Waals surface area (Å²) in [6.07, 6.45) is -0.185. The molecule has 17 nitrogen and oxygen atoms in total. The number of likely N-dealkylation sites (N-methyl/N-ethyl adjacent to an activating group) is 1. The molecule has 0 fully saturated rings. The molecule has 0 radical (unpaired) electrons. The Kier molecular flexibility index (Phi) is 23.0. The maximum absolute atomic E-state index is 13.6. The highest BCUT2D eigenvalue weighted by atomic mass is 16.4. The number of amides is 3. The first-order valence-electron chi connectivity index (χ1n) is 16.3. The highest BCUT2D eigenvalue weighted by Gasteiger charge is 2.33. The molecule has 0 unspecified atom stereocenters. The second kappa shape index (κ2) is 25.1. The molecule has 0 aliphatic carbocycles. The van der Waals surface area contributed by atoms with Gasteiger partial charge < -0.3 is 48.1 Å². The Morgan fingerprint density at radius 2 is 0.917 bits per heavy atom. The molecule has 0 spiro atoms. The van der Waals surface area contributed by atoms with E-state index < -0.39 is 109 Å². The molecule has 0 aliphatic heterocycles. The molecular formula is C31H54N6O11. The van der Waals surface area contributed by atoms with Crippen molar-refractivity contribution in [3.8, 4) is 0 Å². The molecule has 0 aromatic carbocycles. The van der Waals surface area contributed by atoms with E-state index >= 15 is 0 Å². The maximum Gasteiger partial charge on any atom is 0.303 e. The van der Waals surface area contributed by atoms with Gasteiger partial charge in [-0.1, -0.05) is 6.42 Å². The normalized spacial score (nSPS) is 14.1. The lowest BCUT2D eigenvalue weighted by Gasteiger charge is -2.25. The van der Waals surface area contributed by atoms with Gasteiger partial charge in [0.25, 0.3) is 0 Å². The number of carbonyl (C=O) groups excluding carboxylic acids is 5. The van der Waals surface area contributed by atoms with E-state index in [-0.39, 0.29) is 25.7 Å². The van der Waals surface area contributed by atoms with Crippen molar-refractivity contribution in [3.05, 3.63) is 0 Å². The molecule has 0 aromatic heterocycles. The first-order chi connectivity index (χ1) is 22.7. The number of rotatable bonds is 29. The molecule has 5 atom stereocenters. The average molecular weight is 687 g/mol. The summed E-state index contributed by atoms with van der Waals surface area (Å²) in [7, 11) is 2.91. The van der Waals surface area contributed by atoms with Crippen molar-refractivity contribution in [1.29, 1.82) is 0 Å². The van der Waals surface area contributed by atoms with Crippen LogP contribution in [0.25, 0.3) is 0 Å². The summed E-state index contributed by atoms with van der Waals surface area (Å²) in [4.78, 5) is 99.5. The Bertz CT molecular complexity index is 1090. The molecule has 0 rings (SSSR count). The Morgan fingerprint density at radius 3 is 1.33 bits per heavy atom. The number of Topliss-reactive ketones (excluding diaryl/α,β-unsaturated/α-hetero) is 2. The number of aliphatic carboxylic acids is 3. The number of nitrogens with two attached hydrogens (primary N) is 2. The molecule has 0 bridgehead atoms. The average Bonchev–Trinajstić information content (AvgIpc) is 3.03. The highest BCUT2D eigenvalue weighted by Crippen LogP contribution is 2.19. The molecule has 48 heavy (non-hydrogen) atoms. The van der Waals surface area contributed by atoms with Crippen molar-refractivity contribution in [2.24, 2.45) is 23.3 Å². The molecule has 0 saturated carbocycles. The van der Waals surface area contributed by atoms with Gasteiger partial charge in [-0.15, -0.1) is 0 Å². The number of carbonyl (C=O) groups is 8. The van der Waals surface area contributed by atoms with Crippen LogP contribution in [-0.2, 0) is 38.4 Å². The quantitative estimate of drug-likeness (QED) is 0.0440. The number of nitrogens with one attached hydrogen (secondary N) is 4. The van der Waals surface area contributed by atoms with E-state index in [9.17, 15) is 48.6 Å². The fourth-order valence-corrected chi connectivity index (χ4v) is 5.07. The van der Waals surface area contributed by atoms with E-state index in [0.717, 1.165) is 0 Å². The van der Waals surface area contributed by atoms with Gasteiger partial charge in [0, 0.05) is 51.0 Å². The summed E-state index contributed by atoms with van der Waals surface area (Å²) in [5, 5.41) is 38.0. The highest BCUT2D eigenvalue weighted by molar-refractivity contribution is 5.96. The monoisotopic (exact) mass is 686 g/mol. The van der Waals surface area contributed by atoms with Crippen LogP contribution in [0.2, 0.25) is 0 Å². The summed E-state index contributed by atoms with van der Waals surface area (Å²) >= 11 is 0. The third-order valence-corrected chi connectivity index (χ3v) is 7.91. The van der Waals surface area contributed by atoms with Crippen LogP contribution in [0.4, 0.5) is 0 Å². The zero-order chi connectivity index (χ0) is 36.6. The van der Waals surface area contributed by atoms with E-state index in [0.29, 0.717) is 45.2 Å². The Morgan fingerprint density at radius 1 is 0.521 bits per heavy atom. The molecule has 0 aromatic rings. The molecule has 0 aliphatic rings. The van der Waals surface area contributed by atoms with Crippen LogP contribution in [0.3, 0.4) is 0 Å². The summed E-state index contributed by atoms with van der Waals surface area (Å²) in [5.74, 6) is -9.21. The van der Waals surface area contributed by atoms with Crippen molar-refractivity contribution in [2.45, 2.75) is 108 Å². The zero-order valence-corrected chi connectivity index (χ0v) is 28.0. The van der Waals surface area contributed by atoms with Gasteiger partial charge in [-0.25, -0.2) is 0 Å². The van der Waals surface area contributed by atoms with Crippen molar-refractivity contribution in [2.75, 3.05) is 27.2 Å². The van der Waals surface area contributed by atoms with Gasteiger partial charge in [-0.3, -0.25) is 38.4 Å². The summed E-state index contributed by atoms with van der Waals surface area (Å²) in [6, 6.07) is -3.04. The third kappa shape index (κ3) is 19.0. The van der Waals surface area contributed by atoms with E-state index in [1.807, 2.05) is 0 Å². The molecule has 274 valence electrons. The molecule has 0 heterocycles. The number of carboxylic acid groups (broad SMARTS) is 3. The summed E-state index contributed by atoms with van der Waals surface area (Å²) in [6.45, 7) is 0.805. The largest absolute Gasteiger partial charge is 0.481 e. The van der Waals surface area contributed by atoms with Crippen LogP contribution >= 0.6 is 0 Å². The first kappa shape index (κ1) is 44.0. The molecule has 0 saturated heterocycles. The minimum Gasteiger partial charge on any atom is -0.481 e. The van der Waals surface area contributed by atoms with Crippen LogP contribution in [0.1, 0.15) is 89.9 Å². The number of hydrogen-bond donors (Lipinski definition) is 9. The van der Waals surface area contributed by atoms with E-state index in [1.54, 1.807) is 7.05 Å². The second-order valence-electron chi connectivity index (χ2n) is 11.7. The van der Waals surface area contributed by atoms with E-state index in [2.05, 4.69) is 21.3 Å². The second-order valence-corrected chi connectivity index (χ2v) is 11.7. The molecular weight excluding hydrogens is 632 g/mol. The smallest absolute Gasteiger partial charge is 0.303 e. The van der Waals surface area contributed by atoms with Crippen molar-refractivity contribution < 1.29 is 53.7 Å². The van der Waals surface area contributed by atoms with Gasteiger partial charge >= 0.3 is 17.9 Å². The Balaban J connectivity index is 6.12. The van der Waals surface area contributed by atoms with E-state index in [4.69, 9.17) is 16.6 Å². The predicted molar refractivity (Wildman–Crippen MR) is 173 cm³/mol. The van der Waals surface area contributed by atoms with Gasteiger partial charge in [-0.05, 0) is 71.5 Å². The number of unbranched alkanes of at least 4 members (excludes halogenated alkanes) is 2. The number of ketones is 2. The van der Waals surface area contributed by atoms with Gasteiger partial charge in [0.2, 0.25) is 17.7 Å². The minimum atomic E-state index is -1.42. The Labute approximate surface area is 280 Å². The molecule has 17 heteroatoms. The Hall–Kier alpha value is -3.96. The minimum absolute atomic E-state index is 0.186. The van der Waals surface area contributed by atoms with Gasteiger partial charge in [0.15, 0.2) is 11.6 Å². The standard InChI is InChI=1S/C31H54N6O11/c1-34-23(8-4-6-16-33)31(48)37-21(7-3-5-15-32)24(38)18-20(10-13-27(42)43)30(47)36-22(11-14-28(44)45)25(39)17-19(29(46)35-2)9-12-26(40)41/h19-23,34H,3-18,32-33H2,1-2H3,(H,35,46)(H,36,47)(H,37,48)(H,40,41)(H,42,43)(H,44,45)/t19-,20-,21+,22+,23+/m1/s1. The van der Waals surface area contributed by atoms with Crippen LogP contribution in [0.15, 0.2) is 0 Å². The SMILES string of the molecule is CNC(=O)[C@H](CCC(=O)O)CC(=O)[C@H](CCC(=O)O)NC(=O)[C@H](CCC(=O)O)CC(=O)[C@H](CCCCN)NC(=O)[C@H](CCCCN)NC. The number of hydrogen-bond acceptors (Lipinski definition) is 11. The molecule has 3 amide bonds. The third-order valence-electron chi connectivity index (χ3n) is 7.91. The predicted octanol–water partition coefficient (Wildman–Crippen LogP) is -0.707. The van der Waals surface area contributed by atoms with Crippen molar-refractivity contribution in [3.63, 3.8) is 0 Å². The lowest BCUT2D eigenvalue weighted by molar-refractivity contribution is -0.140. The first-order valence-corrected chi connectivity index (χ1v) is 16.3. The van der Waals surface area contributed by atoms with Gasteiger partial charge in [-0.2, -0.15) is 0 Å². The maximum atomic E-state index is 13.6. The topological polar surface area (TPSA) is 297 Å². The number of carboxylic acids is 3. The molecule has 11 N–H and O–H groups in total. The van der Waals surface area contributed by atoms with Crippen molar-refractivity contribution in [1.82, 2.24) is 21.3 Å². The van der Waals surface area contributed by atoms with Crippen LogP contribution < -0.4 is 32.7 Å². The van der Waals surface area contributed by atoms with E-state index in [1.165, 1.54) is 7.05 Å². The fraction of sp³-hybridized carbons (Fsp3) is 0.742. The fourth-order valence-electron chi connectivity index (χ4n) is 5.07. The lowest BCUT2D eigenvalue weighted by atomic mass is 9.89. The lowest BCUT2D eigenvalue weighted by Crippen LogP contribution is -2.50. The summed E-state index contributed by atoms with van der Waals surface area (Å²) in [5.41, 5.74) is 11.1. The summed E-state index contributed by atoms with van der Waals surface area (Å²) < 4.78 is 0. The van der Waals surface area contributed by atoms with Crippen LogP contribution in [0, 0.1) is 11.8 Å². The van der Waals surface area contributed by atoms with Gasteiger partial charge in [0.05, 0.1) is 18.1 Å². The van der Waals surface area contributed by atoms with Crippen LogP contribution in [-0.4, -0.2) is 108 Å². The zero-order valence-electron chi connectivity index (χ0n) is 28.0. The van der Waals surface area contributed by atoms with Crippen LogP contribution in [0.5, 0.6) is 0 Å². The van der Waals surface area contributed by atoms with Gasteiger partial charge in [0.1, 0.15) is 0 Å².